The van der Waals surface area contributed by atoms with E-state index in [4.69, 9.17) is 6.42 Å². The molecule has 70 valence electrons. The van der Waals surface area contributed by atoms with E-state index in [-0.39, 0.29) is 0 Å². The predicted octanol–water partition coefficient (Wildman–Crippen LogP) is 2.86. The molecular formula is C12H16O. The third kappa shape index (κ3) is 2.73. The van der Waals surface area contributed by atoms with E-state index in [0.29, 0.717) is 5.78 Å². The molecule has 0 atom stereocenters. The molecule has 0 aromatic carbocycles. The van der Waals surface area contributed by atoms with Crippen molar-refractivity contribution in [3.63, 3.8) is 0 Å². The van der Waals surface area contributed by atoms with E-state index in [2.05, 4.69) is 12.8 Å². The van der Waals surface area contributed by atoms with Crippen LogP contribution in [-0.4, -0.2) is 5.78 Å². The van der Waals surface area contributed by atoms with Gasteiger partial charge in [-0.2, -0.15) is 0 Å². The molecule has 0 aliphatic heterocycles. The zero-order valence-corrected chi connectivity index (χ0v) is 8.23. The van der Waals surface area contributed by atoms with Crippen molar-refractivity contribution >= 4 is 5.78 Å². The first kappa shape index (κ1) is 10.1. The zero-order valence-electron chi connectivity index (χ0n) is 8.23. The van der Waals surface area contributed by atoms with E-state index in [1.165, 1.54) is 5.57 Å². The molecule has 0 spiro atoms. The second-order valence-corrected chi connectivity index (χ2v) is 3.59. The molecule has 0 aromatic heterocycles. The summed E-state index contributed by atoms with van der Waals surface area (Å²) in [7, 11) is 0. The number of rotatable bonds is 3. The van der Waals surface area contributed by atoms with Crippen LogP contribution < -0.4 is 0 Å². The Bertz CT molecular complexity index is 265. The summed E-state index contributed by atoms with van der Waals surface area (Å²) in [4.78, 5) is 11.5. The predicted molar refractivity (Wildman–Crippen MR) is 54.2 cm³/mol. The van der Waals surface area contributed by atoms with Crippen molar-refractivity contribution in [1.29, 1.82) is 0 Å². The van der Waals surface area contributed by atoms with Gasteiger partial charge in [-0.3, -0.25) is 4.79 Å². The smallest absolute Gasteiger partial charge is 0.158 e. The molecule has 1 heteroatoms. The summed E-state index contributed by atoms with van der Waals surface area (Å²) in [6.07, 6.45) is 10.6. The molecule has 0 fully saturated rings. The summed E-state index contributed by atoms with van der Waals surface area (Å²) in [6.45, 7) is 2.07. The molecule has 13 heavy (non-hydrogen) atoms. The Morgan fingerprint density at radius 2 is 2.23 bits per heavy atom. The molecule has 1 nitrogen and oxygen atoms in total. The number of ketones is 1. The Morgan fingerprint density at radius 1 is 1.46 bits per heavy atom. The number of hydrogen-bond acceptors (Lipinski definition) is 1. The maximum Gasteiger partial charge on any atom is 0.158 e. The average Bonchev–Trinajstić information content (AvgIpc) is 2.10. The van der Waals surface area contributed by atoms with Crippen LogP contribution in [0.25, 0.3) is 0 Å². The molecule has 0 amide bonds. The molecule has 1 aliphatic carbocycles. The Hall–Kier alpha value is -1.03. The first-order valence-electron chi connectivity index (χ1n) is 4.91. The summed E-state index contributed by atoms with van der Waals surface area (Å²) in [6, 6.07) is 0. The molecule has 0 radical (unpaired) electrons. The Kier molecular flexibility index (Phi) is 3.76. The maximum absolute atomic E-state index is 11.5. The van der Waals surface area contributed by atoms with E-state index in [1.54, 1.807) is 0 Å². The fourth-order valence-electron chi connectivity index (χ4n) is 1.77. The van der Waals surface area contributed by atoms with Crippen LogP contribution in [0.5, 0.6) is 0 Å². The van der Waals surface area contributed by atoms with Crippen molar-refractivity contribution in [2.75, 3.05) is 0 Å². The number of terminal acetylenes is 1. The largest absolute Gasteiger partial charge is 0.295 e. The second-order valence-electron chi connectivity index (χ2n) is 3.59. The quantitative estimate of drug-likeness (QED) is 0.477. The SMILES string of the molecule is C#CCCCC1=C(C)CCCC1=O. The number of Topliss-reactive ketones (excluding diaryl/α,β-unsaturated/α-hetero) is 1. The third-order valence-corrected chi connectivity index (χ3v) is 2.56. The first-order valence-corrected chi connectivity index (χ1v) is 4.91. The number of allylic oxidation sites excluding steroid dienone is 2. The van der Waals surface area contributed by atoms with Crippen molar-refractivity contribution in [2.24, 2.45) is 0 Å². The second kappa shape index (κ2) is 4.87. The Labute approximate surface area is 80.2 Å². The van der Waals surface area contributed by atoms with E-state index >= 15 is 0 Å². The minimum absolute atomic E-state index is 0.348. The van der Waals surface area contributed by atoms with Gasteiger partial charge in [0.25, 0.3) is 0 Å². The number of unbranched alkanes of at least 4 members (excludes halogenated alkanes) is 1. The van der Waals surface area contributed by atoms with Crippen molar-refractivity contribution in [1.82, 2.24) is 0 Å². The Balaban J connectivity index is 2.54. The highest BCUT2D eigenvalue weighted by atomic mass is 16.1. The molecule has 1 rings (SSSR count). The normalized spacial score (nSPS) is 17.4. The van der Waals surface area contributed by atoms with Crippen LogP contribution in [0.15, 0.2) is 11.1 Å². The summed E-state index contributed by atoms with van der Waals surface area (Å²) >= 11 is 0. The van der Waals surface area contributed by atoms with Crippen molar-refractivity contribution in [3.8, 4) is 12.3 Å². The van der Waals surface area contributed by atoms with Crippen LogP contribution in [0.4, 0.5) is 0 Å². The Morgan fingerprint density at radius 3 is 2.85 bits per heavy atom. The molecule has 0 bridgehead atoms. The molecule has 1 aliphatic rings. The van der Waals surface area contributed by atoms with Gasteiger partial charge < -0.3 is 0 Å². The van der Waals surface area contributed by atoms with Gasteiger partial charge in [0.15, 0.2) is 5.78 Å². The lowest BCUT2D eigenvalue weighted by atomic mass is 9.88. The highest BCUT2D eigenvalue weighted by Gasteiger charge is 2.16. The summed E-state index contributed by atoms with van der Waals surface area (Å²) in [5, 5.41) is 0. The van der Waals surface area contributed by atoms with Gasteiger partial charge in [0.2, 0.25) is 0 Å². The summed E-state index contributed by atoms with van der Waals surface area (Å²) in [5.74, 6) is 2.95. The van der Waals surface area contributed by atoms with E-state index < -0.39 is 0 Å². The minimum Gasteiger partial charge on any atom is -0.295 e. The molecule has 0 saturated heterocycles. The van der Waals surface area contributed by atoms with Gasteiger partial charge in [0.05, 0.1) is 0 Å². The lowest BCUT2D eigenvalue weighted by Crippen LogP contribution is -2.10. The number of carbonyl (C=O) groups excluding carboxylic acids is 1. The molecule has 0 unspecified atom stereocenters. The summed E-state index contributed by atoms with van der Waals surface area (Å²) < 4.78 is 0. The van der Waals surface area contributed by atoms with Gasteiger partial charge in [-0.25, -0.2) is 0 Å². The standard InChI is InChI=1S/C12H16O/c1-3-4-5-8-11-10(2)7-6-9-12(11)13/h1H,4-9H2,2H3. The first-order chi connectivity index (χ1) is 6.25. The minimum atomic E-state index is 0.348. The monoisotopic (exact) mass is 176 g/mol. The average molecular weight is 176 g/mol. The fourth-order valence-corrected chi connectivity index (χ4v) is 1.77. The summed E-state index contributed by atoms with van der Waals surface area (Å²) in [5.41, 5.74) is 2.34. The van der Waals surface area contributed by atoms with Gasteiger partial charge in [-0.1, -0.05) is 5.57 Å². The molecule has 0 aromatic rings. The molecule has 0 saturated carbocycles. The topological polar surface area (TPSA) is 17.1 Å². The molecule has 0 N–H and O–H groups in total. The van der Waals surface area contributed by atoms with E-state index in [0.717, 1.165) is 44.1 Å². The van der Waals surface area contributed by atoms with Crippen LogP contribution in [0.2, 0.25) is 0 Å². The van der Waals surface area contributed by atoms with Gasteiger partial charge in [0, 0.05) is 12.8 Å². The maximum atomic E-state index is 11.5. The van der Waals surface area contributed by atoms with Crippen molar-refractivity contribution in [3.05, 3.63) is 11.1 Å². The van der Waals surface area contributed by atoms with E-state index in [9.17, 15) is 4.79 Å². The fraction of sp³-hybridized carbons (Fsp3) is 0.583. The lowest BCUT2D eigenvalue weighted by molar-refractivity contribution is -0.116. The van der Waals surface area contributed by atoms with Crippen LogP contribution >= 0.6 is 0 Å². The van der Waals surface area contributed by atoms with Crippen molar-refractivity contribution in [2.45, 2.75) is 45.4 Å². The highest BCUT2D eigenvalue weighted by Crippen LogP contribution is 2.24. The third-order valence-electron chi connectivity index (χ3n) is 2.56. The lowest BCUT2D eigenvalue weighted by Gasteiger charge is -2.15. The molecule has 0 heterocycles. The van der Waals surface area contributed by atoms with Gasteiger partial charge in [-0.15, -0.1) is 12.3 Å². The van der Waals surface area contributed by atoms with Crippen molar-refractivity contribution < 1.29 is 4.79 Å². The van der Waals surface area contributed by atoms with Crippen LogP contribution in [-0.2, 0) is 4.79 Å². The van der Waals surface area contributed by atoms with Gasteiger partial charge in [-0.05, 0) is 38.2 Å². The number of hydrogen-bond donors (Lipinski definition) is 0. The van der Waals surface area contributed by atoms with Gasteiger partial charge in [0.1, 0.15) is 0 Å². The van der Waals surface area contributed by atoms with Crippen LogP contribution in [0.1, 0.15) is 45.4 Å². The van der Waals surface area contributed by atoms with E-state index in [1.807, 2.05) is 0 Å². The highest BCUT2D eigenvalue weighted by molar-refractivity contribution is 5.96. The molecular weight excluding hydrogens is 160 g/mol. The van der Waals surface area contributed by atoms with Gasteiger partial charge >= 0.3 is 0 Å². The number of carbonyl (C=O) groups is 1. The van der Waals surface area contributed by atoms with Crippen LogP contribution in [0, 0.1) is 12.3 Å². The van der Waals surface area contributed by atoms with Crippen LogP contribution in [0.3, 0.4) is 0 Å². The zero-order chi connectivity index (χ0) is 9.68.